The smallest absolute Gasteiger partial charge is 0.374 e. The van der Waals surface area contributed by atoms with Gasteiger partial charge >= 0.3 is 58.2 Å². The molecular weight excluding hydrogens is 198 g/mol. The molecule has 0 saturated heterocycles. The van der Waals surface area contributed by atoms with Gasteiger partial charge in [0.05, 0.1) is 0 Å². The summed E-state index contributed by atoms with van der Waals surface area (Å²) in [7, 11) is 0. The van der Waals surface area contributed by atoms with E-state index in [2.05, 4.69) is 16.3 Å². The maximum Gasteiger partial charge on any atom is 1.00 e. The summed E-state index contributed by atoms with van der Waals surface area (Å²) in [5, 5.41) is 0. The van der Waals surface area contributed by atoms with E-state index in [4.69, 9.17) is 0 Å². The number of nitrogens with zero attached hydrogens (tertiary/aromatic N) is 2. The fraction of sp³-hybridized carbons (Fsp3) is 0.429. The van der Waals surface area contributed by atoms with Crippen LogP contribution in [0.3, 0.4) is 0 Å². The molecule has 0 spiro atoms. The van der Waals surface area contributed by atoms with Gasteiger partial charge < -0.3 is 9.97 Å². The summed E-state index contributed by atoms with van der Waals surface area (Å²) < 4.78 is 0. The molecule has 1 aromatic heterocycles. The zero-order valence-electron chi connectivity index (χ0n) is 7.05. The predicted molar refractivity (Wildman–Crippen MR) is 37.0 cm³/mol. The maximum absolute atomic E-state index is 3.74. The number of hydrogen-bond donors (Lipinski definition) is 0. The fourth-order valence-corrected chi connectivity index (χ4v) is 0.323. The number of hydrogen-bond acceptors (Lipinski definition) is 2. The Hall–Kier alpha value is 0.885. The van der Waals surface area contributed by atoms with Crippen molar-refractivity contribution in [2.24, 2.45) is 0 Å². The van der Waals surface area contributed by atoms with Crippen LogP contribution < -0.4 is 58.2 Å². The minimum atomic E-state index is 0. The van der Waals surface area contributed by atoms with Gasteiger partial charge in [0.25, 0.3) is 0 Å². The molecule has 0 unspecified atom stereocenters. The van der Waals surface area contributed by atoms with E-state index >= 15 is 0 Å². The Balaban J connectivity index is 0. The van der Waals surface area contributed by atoms with Gasteiger partial charge in [0.2, 0.25) is 0 Å². The molecule has 0 saturated carbocycles. The quantitative estimate of drug-likeness (QED) is 0.491. The van der Waals surface area contributed by atoms with Gasteiger partial charge in [0, 0.05) is 6.33 Å². The van der Waals surface area contributed by atoms with Crippen LogP contribution in [0.15, 0.2) is 12.3 Å². The van der Waals surface area contributed by atoms with E-state index in [0.29, 0.717) is 0 Å². The van der Waals surface area contributed by atoms with E-state index in [1.807, 2.05) is 26.8 Å². The molecule has 1 aromatic rings. The van der Waals surface area contributed by atoms with Crippen molar-refractivity contribution in [1.82, 2.24) is 9.97 Å². The molecule has 2 nitrogen and oxygen atoms in total. The SMILES string of the molecule is CC.Cc1ccn[c-]n1.[Rb+]. The predicted octanol–water partition coefficient (Wildman–Crippen LogP) is -1.38. The van der Waals surface area contributed by atoms with Gasteiger partial charge in [-0.2, -0.15) is 0 Å². The van der Waals surface area contributed by atoms with E-state index in [9.17, 15) is 0 Å². The largest absolute Gasteiger partial charge is 1.00 e. The van der Waals surface area contributed by atoms with Gasteiger partial charge in [-0.25, -0.2) is 0 Å². The van der Waals surface area contributed by atoms with Crippen molar-refractivity contribution >= 4 is 0 Å². The van der Waals surface area contributed by atoms with Crippen LogP contribution in [0.25, 0.3) is 0 Å². The molecule has 0 bridgehead atoms. The number of aryl methyl sites for hydroxylation is 1. The first-order chi connectivity index (χ1) is 4.39. The Labute approximate surface area is 111 Å². The molecule has 50 valence electrons. The molecule has 0 radical (unpaired) electrons. The van der Waals surface area contributed by atoms with E-state index in [1.54, 1.807) is 6.20 Å². The van der Waals surface area contributed by atoms with Crippen LogP contribution in [0.4, 0.5) is 0 Å². The summed E-state index contributed by atoms with van der Waals surface area (Å²) in [6.07, 6.45) is 4.13. The molecule has 0 aromatic carbocycles. The maximum atomic E-state index is 3.74. The van der Waals surface area contributed by atoms with Crippen LogP contribution in [0, 0.1) is 13.3 Å². The molecule has 3 heteroatoms. The Morgan fingerprint density at radius 3 is 2.20 bits per heavy atom. The van der Waals surface area contributed by atoms with Crippen molar-refractivity contribution in [3.8, 4) is 0 Å². The third-order valence-electron chi connectivity index (χ3n) is 0.674. The van der Waals surface area contributed by atoms with Crippen molar-refractivity contribution in [3.63, 3.8) is 0 Å². The molecule has 0 fully saturated rings. The summed E-state index contributed by atoms with van der Waals surface area (Å²) in [5.74, 6) is 0. The molecule has 0 amide bonds. The van der Waals surface area contributed by atoms with Crippen LogP contribution in [0.5, 0.6) is 0 Å². The van der Waals surface area contributed by atoms with Crippen LogP contribution in [0.2, 0.25) is 0 Å². The summed E-state index contributed by atoms with van der Waals surface area (Å²) >= 11 is 0. The summed E-state index contributed by atoms with van der Waals surface area (Å²) in [6, 6.07) is 1.83. The van der Waals surface area contributed by atoms with Crippen LogP contribution in [-0.4, -0.2) is 9.97 Å². The first-order valence-corrected chi connectivity index (χ1v) is 3.05. The van der Waals surface area contributed by atoms with Crippen LogP contribution >= 0.6 is 0 Å². The van der Waals surface area contributed by atoms with Gasteiger partial charge in [-0.1, -0.05) is 32.7 Å². The number of rotatable bonds is 0. The van der Waals surface area contributed by atoms with Gasteiger partial charge in [0.15, 0.2) is 0 Å². The first-order valence-electron chi connectivity index (χ1n) is 3.05. The molecule has 10 heavy (non-hydrogen) atoms. The average Bonchev–Trinajstić information content (AvgIpc) is 1.94. The van der Waals surface area contributed by atoms with Crippen LogP contribution in [-0.2, 0) is 0 Å². The van der Waals surface area contributed by atoms with Crippen molar-refractivity contribution in [2.75, 3.05) is 0 Å². The topological polar surface area (TPSA) is 25.8 Å². The fourth-order valence-electron chi connectivity index (χ4n) is 0.323. The van der Waals surface area contributed by atoms with E-state index in [0.717, 1.165) is 5.69 Å². The molecule has 0 aliphatic carbocycles. The molecule has 1 heterocycles. The first kappa shape index (κ1) is 13.5. The van der Waals surface area contributed by atoms with E-state index in [1.165, 1.54) is 0 Å². The van der Waals surface area contributed by atoms with E-state index in [-0.39, 0.29) is 58.2 Å². The minimum Gasteiger partial charge on any atom is -0.374 e. The van der Waals surface area contributed by atoms with Crippen molar-refractivity contribution in [2.45, 2.75) is 20.8 Å². The summed E-state index contributed by atoms with van der Waals surface area (Å²) in [4.78, 5) is 7.35. The Bertz CT molecular complexity index is 142. The molecule has 0 aliphatic rings. The van der Waals surface area contributed by atoms with Crippen molar-refractivity contribution < 1.29 is 58.2 Å². The van der Waals surface area contributed by atoms with Gasteiger partial charge in [-0.3, -0.25) is 0 Å². The van der Waals surface area contributed by atoms with Gasteiger partial charge in [-0.05, 0) is 0 Å². The van der Waals surface area contributed by atoms with E-state index < -0.39 is 0 Å². The normalized spacial score (nSPS) is 6.70. The summed E-state index contributed by atoms with van der Waals surface area (Å²) in [6.45, 7) is 5.90. The molecule has 1 rings (SSSR count). The molecule has 0 aliphatic heterocycles. The zero-order valence-corrected chi connectivity index (χ0v) is 12.0. The molecular formula is C7H11N2Rb. The second-order valence-electron chi connectivity index (χ2n) is 1.30. The second-order valence-corrected chi connectivity index (χ2v) is 1.30. The van der Waals surface area contributed by atoms with Crippen LogP contribution in [0.1, 0.15) is 19.5 Å². The third-order valence-corrected chi connectivity index (χ3v) is 0.674. The van der Waals surface area contributed by atoms with Gasteiger partial charge in [0.1, 0.15) is 0 Å². The average molecular weight is 209 g/mol. The van der Waals surface area contributed by atoms with Crippen molar-refractivity contribution in [3.05, 3.63) is 24.3 Å². The Morgan fingerprint density at radius 1 is 1.40 bits per heavy atom. The number of aromatic nitrogens is 2. The van der Waals surface area contributed by atoms with Crippen molar-refractivity contribution in [1.29, 1.82) is 0 Å². The standard InChI is InChI=1S/C5H5N2.C2H6.Rb/c1-5-2-3-6-4-7-5;1-2;/h2-3H,1H3;1-2H3;/q-1;;+1. The Morgan fingerprint density at radius 2 is 2.00 bits per heavy atom. The van der Waals surface area contributed by atoms with Gasteiger partial charge in [-0.15, -0.1) is 6.07 Å². The molecule has 0 N–H and O–H groups in total. The third kappa shape index (κ3) is 7.00. The Kier molecular flexibility index (Phi) is 13.3. The molecule has 0 atom stereocenters. The minimum absolute atomic E-state index is 0. The summed E-state index contributed by atoms with van der Waals surface area (Å²) in [5.41, 5.74) is 0.954. The zero-order chi connectivity index (χ0) is 7.11. The second kappa shape index (κ2) is 9.89. The monoisotopic (exact) mass is 208 g/mol.